The van der Waals surface area contributed by atoms with Gasteiger partial charge >= 0.3 is 11.9 Å². The molecule has 1 aromatic rings. The molecule has 0 unspecified atom stereocenters. The topological polar surface area (TPSA) is 141 Å². The summed E-state index contributed by atoms with van der Waals surface area (Å²) in [5.41, 5.74) is 0.776. The van der Waals surface area contributed by atoms with Crippen LogP contribution in [0.4, 0.5) is 11.4 Å². The lowest BCUT2D eigenvalue weighted by Gasteiger charge is -2.36. The Balaban J connectivity index is 1.92. The zero-order chi connectivity index (χ0) is 18.6. The van der Waals surface area contributed by atoms with E-state index in [1.165, 1.54) is 17.0 Å². The molecule has 2 N–H and O–H groups in total. The van der Waals surface area contributed by atoms with E-state index in [1.54, 1.807) is 12.1 Å². The highest BCUT2D eigenvalue weighted by atomic mass is 16.6. The first-order valence-corrected chi connectivity index (χ1v) is 7.52. The molecule has 25 heavy (non-hydrogen) atoms. The average molecular weight is 351 g/mol. The van der Waals surface area contributed by atoms with Crippen LogP contribution in [-0.4, -0.2) is 64.1 Å². The molecule has 0 saturated carbocycles. The van der Waals surface area contributed by atoms with Crippen LogP contribution in [0.3, 0.4) is 0 Å². The smallest absolute Gasteiger partial charge is 0.318 e. The average Bonchev–Trinajstić information content (AvgIpc) is 2.59. The zero-order valence-corrected chi connectivity index (χ0v) is 13.2. The van der Waals surface area contributed by atoms with Gasteiger partial charge in [-0.15, -0.1) is 0 Å². The van der Waals surface area contributed by atoms with Crippen LogP contribution < -0.4 is 4.90 Å². The fraction of sp³-hybridized carbons (Fsp3) is 0.400. The fourth-order valence-corrected chi connectivity index (χ4v) is 2.58. The number of amides is 1. The van der Waals surface area contributed by atoms with E-state index in [0.717, 1.165) is 5.69 Å². The van der Waals surface area contributed by atoms with Gasteiger partial charge in [0, 0.05) is 44.0 Å². The van der Waals surface area contributed by atoms with Gasteiger partial charge in [-0.1, -0.05) is 0 Å². The molecule has 0 radical (unpaired) electrons. The summed E-state index contributed by atoms with van der Waals surface area (Å²) >= 11 is 0. The van der Waals surface area contributed by atoms with Gasteiger partial charge in [0.25, 0.3) is 5.69 Å². The number of nitrogens with zero attached hydrogens (tertiary/aromatic N) is 3. The van der Waals surface area contributed by atoms with Gasteiger partial charge in [0.1, 0.15) is 0 Å². The fourth-order valence-electron chi connectivity index (χ4n) is 2.58. The third kappa shape index (κ3) is 4.43. The van der Waals surface area contributed by atoms with Gasteiger partial charge in [-0.2, -0.15) is 0 Å². The number of anilines is 1. The van der Waals surface area contributed by atoms with Crippen molar-refractivity contribution < 1.29 is 29.5 Å². The van der Waals surface area contributed by atoms with Crippen molar-refractivity contribution in [2.24, 2.45) is 5.92 Å². The lowest BCUT2D eigenvalue weighted by molar-refractivity contribution is -0.384. The summed E-state index contributed by atoms with van der Waals surface area (Å²) in [6, 6.07) is 6.05. The number of piperazine rings is 1. The first-order chi connectivity index (χ1) is 11.8. The highest BCUT2D eigenvalue weighted by Crippen LogP contribution is 2.21. The minimum atomic E-state index is -1.75. The highest BCUT2D eigenvalue weighted by molar-refractivity contribution is 5.97. The lowest BCUT2D eigenvalue weighted by atomic mass is 10.1. The standard InChI is InChI=1S/C15H17N3O7/c19-13(9-12(14(20)21)15(22)23)17-7-5-16(6-8-17)10-1-3-11(4-2-10)18(24)25/h1-4,12H,5-9H2,(H,20,21)(H,22,23). The van der Waals surface area contributed by atoms with E-state index < -0.39 is 35.1 Å². The SMILES string of the molecule is O=C(O)C(CC(=O)N1CCN(c2ccc([N+](=O)[O-])cc2)CC1)C(=O)O. The molecular formula is C15H17N3O7. The summed E-state index contributed by atoms with van der Waals surface area (Å²) in [5.74, 6) is -5.34. The number of non-ortho nitro benzene ring substituents is 1. The van der Waals surface area contributed by atoms with Crippen LogP contribution in [-0.2, 0) is 14.4 Å². The van der Waals surface area contributed by atoms with E-state index in [-0.39, 0.29) is 5.69 Å². The van der Waals surface area contributed by atoms with Crippen LogP contribution in [0.5, 0.6) is 0 Å². The third-order valence-corrected chi connectivity index (χ3v) is 4.03. The van der Waals surface area contributed by atoms with E-state index in [1.807, 2.05) is 4.90 Å². The van der Waals surface area contributed by atoms with Crippen LogP contribution in [0.25, 0.3) is 0 Å². The molecule has 1 heterocycles. The largest absolute Gasteiger partial charge is 0.481 e. The number of nitro benzene ring substituents is 1. The number of hydrogen-bond acceptors (Lipinski definition) is 6. The van der Waals surface area contributed by atoms with E-state index in [0.29, 0.717) is 26.2 Å². The van der Waals surface area contributed by atoms with Crippen molar-refractivity contribution in [3.63, 3.8) is 0 Å². The van der Waals surface area contributed by atoms with Crippen molar-refractivity contribution in [3.8, 4) is 0 Å². The van der Waals surface area contributed by atoms with E-state index in [4.69, 9.17) is 10.2 Å². The summed E-state index contributed by atoms with van der Waals surface area (Å²) in [7, 11) is 0. The molecule has 2 rings (SSSR count). The Bertz CT molecular complexity index is 667. The first-order valence-electron chi connectivity index (χ1n) is 7.52. The maximum Gasteiger partial charge on any atom is 0.318 e. The van der Waals surface area contributed by atoms with Gasteiger partial charge < -0.3 is 20.0 Å². The minimum Gasteiger partial charge on any atom is -0.481 e. The molecule has 10 heteroatoms. The number of carbonyl (C=O) groups excluding carboxylic acids is 1. The molecule has 1 amide bonds. The predicted octanol–water partition coefficient (Wildman–Crippen LogP) is 0.419. The van der Waals surface area contributed by atoms with Gasteiger partial charge in [0.2, 0.25) is 5.91 Å². The molecule has 1 aromatic carbocycles. The Morgan fingerprint density at radius 2 is 1.56 bits per heavy atom. The third-order valence-electron chi connectivity index (χ3n) is 4.03. The van der Waals surface area contributed by atoms with E-state index in [9.17, 15) is 24.5 Å². The summed E-state index contributed by atoms with van der Waals surface area (Å²) < 4.78 is 0. The van der Waals surface area contributed by atoms with Gasteiger partial charge in [-0.3, -0.25) is 24.5 Å². The van der Waals surface area contributed by atoms with E-state index in [2.05, 4.69) is 0 Å². The molecule has 1 aliphatic heterocycles. The Labute approximate surface area is 142 Å². The number of carboxylic acid groups (broad SMARTS) is 2. The Hall–Kier alpha value is -3.17. The summed E-state index contributed by atoms with van der Waals surface area (Å²) in [6.07, 6.45) is -0.581. The number of rotatable bonds is 6. The molecule has 1 saturated heterocycles. The monoisotopic (exact) mass is 351 g/mol. The van der Waals surface area contributed by atoms with Crippen LogP contribution in [0, 0.1) is 16.0 Å². The number of benzene rings is 1. The normalized spacial score (nSPS) is 14.4. The quantitative estimate of drug-likeness (QED) is 0.427. The summed E-state index contributed by atoms with van der Waals surface area (Å²) in [4.78, 5) is 47.4. The maximum absolute atomic E-state index is 12.1. The van der Waals surface area contributed by atoms with Crippen LogP contribution in [0.15, 0.2) is 24.3 Å². The van der Waals surface area contributed by atoms with Crippen molar-refractivity contribution in [1.29, 1.82) is 0 Å². The highest BCUT2D eigenvalue weighted by Gasteiger charge is 2.31. The van der Waals surface area contributed by atoms with Crippen molar-refractivity contribution in [3.05, 3.63) is 34.4 Å². The van der Waals surface area contributed by atoms with Crippen molar-refractivity contribution >= 4 is 29.2 Å². The Kier molecular flexibility index (Phi) is 5.52. The molecule has 1 fully saturated rings. The molecule has 0 bridgehead atoms. The summed E-state index contributed by atoms with van der Waals surface area (Å²) in [5, 5.41) is 28.3. The molecule has 0 aromatic heterocycles. The van der Waals surface area contributed by atoms with Crippen LogP contribution >= 0.6 is 0 Å². The second-order valence-corrected chi connectivity index (χ2v) is 5.57. The van der Waals surface area contributed by atoms with Gasteiger partial charge in [-0.25, -0.2) is 0 Å². The molecular weight excluding hydrogens is 334 g/mol. The molecule has 134 valence electrons. The van der Waals surface area contributed by atoms with Crippen molar-refractivity contribution in [1.82, 2.24) is 4.90 Å². The molecule has 10 nitrogen and oxygen atoms in total. The van der Waals surface area contributed by atoms with Crippen molar-refractivity contribution in [2.45, 2.75) is 6.42 Å². The second-order valence-electron chi connectivity index (χ2n) is 5.57. The predicted molar refractivity (Wildman–Crippen MR) is 85.3 cm³/mol. The van der Waals surface area contributed by atoms with Crippen LogP contribution in [0.1, 0.15) is 6.42 Å². The zero-order valence-electron chi connectivity index (χ0n) is 13.2. The molecule has 0 aliphatic carbocycles. The van der Waals surface area contributed by atoms with Gasteiger partial charge in [-0.05, 0) is 12.1 Å². The van der Waals surface area contributed by atoms with E-state index >= 15 is 0 Å². The molecule has 1 aliphatic rings. The Morgan fingerprint density at radius 3 is 2.00 bits per heavy atom. The number of carboxylic acids is 2. The molecule has 0 spiro atoms. The number of nitro groups is 1. The lowest BCUT2D eigenvalue weighted by Crippen LogP contribution is -2.49. The number of aliphatic carboxylic acids is 2. The van der Waals surface area contributed by atoms with Gasteiger partial charge in [0.15, 0.2) is 5.92 Å². The minimum absolute atomic E-state index is 0.00838. The summed E-state index contributed by atoms with van der Waals surface area (Å²) in [6.45, 7) is 1.58. The van der Waals surface area contributed by atoms with Gasteiger partial charge in [0.05, 0.1) is 11.3 Å². The number of hydrogen-bond donors (Lipinski definition) is 2. The maximum atomic E-state index is 12.1. The molecule has 0 atom stereocenters. The van der Waals surface area contributed by atoms with Crippen molar-refractivity contribution in [2.75, 3.05) is 31.1 Å². The Morgan fingerprint density at radius 1 is 1.04 bits per heavy atom. The number of carbonyl (C=O) groups is 3. The first kappa shape index (κ1) is 18.2. The van der Waals surface area contributed by atoms with Crippen LogP contribution in [0.2, 0.25) is 0 Å². The second kappa shape index (κ2) is 7.60.